The lowest BCUT2D eigenvalue weighted by atomic mass is 10.4. The van der Waals surface area contributed by atoms with Crippen molar-refractivity contribution in [3.05, 3.63) is 24.8 Å². The Morgan fingerprint density at radius 1 is 1.32 bits per heavy atom. The zero-order valence-corrected chi connectivity index (χ0v) is 13.6. The molecule has 0 spiro atoms. The normalized spacial score (nSPS) is 10.1. The van der Waals surface area contributed by atoms with Crippen molar-refractivity contribution in [3.8, 4) is 0 Å². The Kier molecular flexibility index (Phi) is 41.4. The zero-order valence-electron chi connectivity index (χ0n) is 13.6. The SMILES string of the molecule is C=C/C=C\C=NC.CC.CC.CC(=O)N[C@H](C)CO. The molecule has 0 aliphatic rings. The minimum atomic E-state index is -0.118. The van der Waals surface area contributed by atoms with Crippen molar-refractivity contribution < 1.29 is 9.90 Å². The number of allylic oxidation sites excluding steroid dienone is 3. The van der Waals surface area contributed by atoms with Gasteiger partial charge >= 0.3 is 0 Å². The van der Waals surface area contributed by atoms with Gasteiger partial charge in [-0.3, -0.25) is 9.79 Å². The van der Waals surface area contributed by atoms with Gasteiger partial charge in [0.05, 0.1) is 6.61 Å². The van der Waals surface area contributed by atoms with Gasteiger partial charge in [-0.2, -0.15) is 0 Å². The smallest absolute Gasteiger partial charge is 0.217 e. The second kappa shape index (κ2) is 30.0. The average Bonchev–Trinajstić information content (AvgIpc) is 2.44. The Hall–Kier alpha value is -1.42. The van der Waals surface area contributed by atoms with E-state index in [0.717, 1.165) is 0 Å². The number of hydrogen-bond donors (Lipinski definition) is 2. The Balaban J connectivity index is -0.0000000941. The molecule has 4 heteroatoms. The maximum Gasteiger partial charge on any atom is 0.217 e. The molecule has 0 saturated heterocycles. The summed E-state index contributed by atoms with van der Waals surface area (Å²) in [6, 6.07) is -0.118. The number of amides is 1. The fourth-order valence-corrected chi connectivity index (χ4v) is 0.607. The molecule has 0 fully saturated rings. The van der Waals surface area contributed by atoms with E-state index in [1.165, 1.54) is 6.92 Å². The molecular formula is C15H32N2O2. The number of carbonyl (C=O) groups is 1. The van der Waals surface area contributed by atoms with Crippen LogP contribution in [-0.2, 0) is 4.79 Å². The molecule has 0 aromatic rings. The topological polar surface area (TPSA) is 61.7 Å². The van der Waals surface area contributed by atoms with E-state index in [1.54, 1.807) is 26.3 Å². The molecule has 0 bridgehead atoms. The lowest BCUT2D eigenvalue weighted by Gasteiger charge is -2.06. The van der Waals surface area contributed by atoms with E-state index < -0.39 is 0 Å². The lowest BCUT2D eigenvalue weighted by molar-refractivity contribution is -0.119. The van der Waals surface area contributed by atoms with Gasteiger partial charge in [0.15, 0.2) is 0 Å². The highest BCUT2D eigenvalue weighted by Crippen LogP contribution is 1.75. The van der Waals surface area contributed by atoms with Crippen LogP contribution in [0.5, 0.6) is 0 Å². The Bertz CT molecular complexity index is 224. The summed E-state index contributed by atoms with van der Waals surface area (Å²) in [7, 11) is 1.73. The van der Waals surface area contributed by atoms with Gasteiger partial charge in [-0.15, -0.1) is 0 Å². The first-order chi connectivity index (χ1) is 9.08. The van der Waals surface area contributed by atoms with Gasteiger partial charge in [-0.25, -0.2) is 0 Å². The minimum absolute atomic E-state index is 0.000417. The molecule has 1 atom stereocenters. The van der Waals surface area contributed by atoms with E-state index in [4.69, 9.17) is 5.11 Å². The number of rotatable bonds is 4. The number of aliphatic hydroxyl groups is 1. The summed E-state index contributed by atoms with van der Waals surface area (Å²) in [5.41, 5.74) is 0. The van der Waals surface area contributed by atoms with Crippen LogP contribution in [0.4, 0.5) is 0 Å². The molecule has 0 aromatic carbocycles. The predicted molar refractivity (Wildman–Crippen MR) is 86.8 cm³/mol. The molecule has 0 saturated carbocycles. The van der Waals surface area contributed by atoms with Crippen molar-refractivity contribution in [1.29, 1.82) is 0 Å². The molecule has 4 nitrogen and oxygen atoms in total. The largest absolute Gasteiger partial charge is 0.394 e. The first kappa shape index (κ1) is 26.2. The van der Waals surface area contributed by atoms with Crippen molar-refractivity contribution in [3.63, 3.8) is 0 Å². The molecule has 0 heterocycles. The summed E-state index contributed by atoms with van der Waals surface area (Å²) in [6.07, 6.45) is 7.07. The van der Waals surface area contributed by atoms with Crippen LogP contribution in [0.25, 0.3) is 0 Å². The molecule has 114 valence electrons. The van der Waals surface area contributed by atoms with E-state index in [1.807, 2.05) is 39.8 Å². The van der Waals surface area contributed by atoms with Crippen molar-refractivity contribution in [2.45, 2.75) is 47.6 Å². The third-order valence-corrected chi connectivity index (χ3v) is 1.21. The summed E-state index contributed by atoms with van der Waals surface area (Å²) in [5, 5.41) is 10.9. The van der Waals surface area contributed by atoms with Crippen molar-refractivity contribution in [1.82, 2.24) is 5.32 Å². The summed E-state index contributed by atoms with van der Waals surface area (Å²) < 4.78 is 0. The van der Waals surface area contributed by atoms with Crippen LogP contribution in [0.1, 0.15) is 41.5 Å². The Labute approximate surface area is 119 Å². The average molecular weight is 272 g/mol. The van der Waals surface area contributed by atoms with E-state index in [2.05, 4.69) is 16.9 Å². The van der Waals surface area contributed by atoms with Crippen LogP contribution in [0.15, 0.2) is 29.8 Å². The van der Waals surface area contributed by atoms with Gasteiger partial charge in [0, 0.05) is 26.2 Å². The summed E-state index contributed by atoms with van der Waals surface area (Å²) in [4.78, 5) is 13.9. The molecule has 2 N–H and O–H groups in total. The second-order valence-corrected chi connectivity index (χ2v) is 2.81. The highest BCUT2D eigenvalue weighted by Gasteiger charge is 1.97. The van der Waals surface area contributed by atoms with Crippen LogP contribution in [0.3, 0.4) is 0 Å². The molecule has 0 aliphatic heterocycles. The Morgan fingerprint density at radius 2 is 1.79 bits per heavy atom. The third kappa shape index (κ3) is 47.9. The van der Waals surface area contributed by atoms with Crippen molar-refractivity contribution in [2.75, 3.05) is 13.7 Å². The highest BCUT2D eigenvalue weighted by molar-refractivity contribution is 5.73. The molecule has 0 aliphatic carbocycles. The van der Waals surface area contributed by atoms with E-state index >= 15 is 0 Å². The predicted octanol–water partition coefficient (Wildman–Crippen LogP) is 2.98. The molecule has 1 amide bonds. The quantitative estimate of drug-likeness (QED) is 0.610. The molecule has 0 rings (SSSR count). The molecule has 0 aromatic heterocycles. The zero-order chi connectivity index (χ0) is 16.1. The van der Waals surface area contributed by atoms with Gasteiger partial charge in [-0.1, -0.05) is 46.4 Å². The fourth-order valence-electron chi connectivity index (χ4n) is 0.607. The van der Waals surface area contributed by atoms with Crippen LogP contribution in [0.2, 0.25) is 0 Å². The van der Waals surface area contributed by atoms with Crippen LogP contribution < -0.4 is 5.32 Å². The second-order valence-electron chi connectivity index (χ2n) is 2.81. The van der Waals surface area contributed by atoms with Gasteiger partial charge in [-0.05, 0) is 13.0 Å². The van der Waals surface area contributed by atoms with Gasteiger partial charge < -0.3 is 10.4 Å². The maximum absolute atomic E-state index is 10.2. The number of carbonyl (C=O) groups excluding carboxylic acids is 1. The van der Waals surface area contributed by atoms with Crippen LogP contribution in [0, 0.1) is 0 Å². The first-order valence-electron chi connectivity index (χ1n) is 6.66. The number of aliphatic hydroxyl groups excluding tert-OH is 1. The number of nitrogens with one attached hydrogen (secondary N) is 1. The molecular weight excluding hydrogens is 240 g/mol. The van der Waals surface area contributed by atoms with E-state index in [-0.39, 0.29) is 18.6 Å². The number of hydrogen-bond acceptors (Lipinski definition) is 3. The summed E-state index contributed by atoms with van der Waals surface area (Å²) in [6.45, 7) is 14.6. The molecule has 0 radical (unpaired) electrons. The standard InChI is InChI=1S/C6H9N.C5H11NO2.2C2H6/c1-3-4-5-6-7-2;1-4(3-7)6-5(2)8;2*1-2/h3-6H,1H2,2H3;4,7H,3H2,1-2H3,(H,6,8);2*1-2H3/b5-4-,7-6?;;;/t;4-;;/m.1../s1. The van der Waals surface area contributed by atoms with Crippen LogP contribution >= 0.6 is 0 Å². The highest BCUT2D eigenvalue weighted by atomic mass is 16.3. The maximum atomic E-state index is 10.2. The number of aliphatic imine (C=N–C) groups is 1. The van der Waals surface area contributed by atoms with Gasteiger partial charge in [0.1, 0.15) is 0 Å². The van der Waals surface area contributed by atoms with Gasteiger partial charge in [0.25, 0.3) is 0 Å². The summed E-state index contributed by atoms with van der Waals surface area (Å²) >= 11 is 0. The van der Waals surface area contributed by atoms with Crippen LogP contribution in [-0.4, -0.2) is 36.9 Å². The first-order valence-corrected chi connectivity index (χ1v) is 6.66. The fraction of sp³-hybridized carbons (Fsp3) is 0.600. The minimum Gasteiger partial charge on any atom is -0.394 e. The van der Waals surface area contributed by atoms with Crippen molar-refractivity contribution in [2.24, 2.45) is 4.99 Å². The molecule has 19 heavy (non-hydrogen) atoms. The third-order valence-electron chi connectivity index (χ3n) is 1.21. The summed E-state index contributed by atoms with van der Waals surface area (Å²) in [5.74, 6) is -0.105. The van der Waals surface area contributed by atoms with E-state index in [0.29, 0.717) is 0 Å². The molecule has 0 unspecified atom stereocenters. The van der Waals surface area contributed by atoms with Crippen molar-refractivity contribution >= 4 is 12.1 Å². The number of nitrogens with zero attached hydrogens (tertiary/aromatic N) is 1. The Morgan fingerprint density at radius 3 is 2.00 bits per heavy atom. The monoisotopic (exact) mass is 272 g/mol. The van der Waals surface area contributed by atoms with E-state index in [9.17, 15) is 4.79 Å². The lowest BCUT2D eigenvalue weighted by Crippen LogP contribution is -2.32. The van der Waals surface area contributed by atoms with Gasteiger partial charge in [0.2, 0.25) is 5.91 Å².